The summed E-state index contributed by atoms with van der Waals surface area (Å²) in [5, 5.41) is 14.8. The van der Waals surface area contributed by atoms with Crippen molar-refractivity contribution in [3.8, 4) is 56.0 Å². The van der Waals surface area contributed by atoms with Crippen molar-refractivity contribution in [3.05, 3.63) is 253 Å². The Hall–Kier alpha value is -9.90. The Morgan fingerprint density at radius 2 is 0.923 bits per heavy atom. The van der Waals surface area contributed by atoms with Crippen LogP contribution in [0.5, 0.6) is 0 Å². The van der Waals surface area contributed by atoms with E-state index in [9.17, 15) is 0 Å². The highest BCUT2D eigenvalue weighted by Crippen LogP contribution is 2.46. The van der Waals surface area contributed by atoms with Gasteiger partial charge in [0.05, 0.1) is 22.4 Å². The fourth-order valence-corrected chi connectivity index (χ4v) is 13.0. The van der Waals surface area contributed by atoms with Gasteiger partial charge in [0, 0.05) is 51.0 Å². The first-order chi connectivity index (χ1) is 38.7. The van der Waals surface area contributed by atoms with Crippen LogP contribution in [-0.4, -0.2) is 21.2 Å². The molecule has 1 aliphatic carbocycles. The van der Waals surface area contributed by atoms with Crippen molar-refractivity contribution < 1.29 is 0 Å². The molecule has 78 heavy (non-hydrogen) atoms. The number of hydrogen-bond acceptors (Lipinski definition) is 4. The van der Waals surface area contributed by atoms with E-state index in [1.54, 1.807) is 0 Å². The lowest BCUT2D eigenvalue weighted by molar-refractivity contribution is 1.02. The molecule has 0 N–H and O–H groups in total. The van der Waals surface area contributed by atoms with Gasteiger partial charge in [-0.15, -0.1) is 0 Å². The molecule has 2 aromatic heterocycles. The number of nitrogens with zero attached hydrogens (tertiary/aromatic N) is 4. The number of aryl methyl sites for hydroxylation is 2. The van der Waals surface area contributed by atoms with Gasteiger partial charge in [-0.3, -0.25) is 9.98 Å². The van der Waals surface area contributed by atoms with Crippen molar-refractivity contribution in [3.63, 3.8) is 0 Å². The predicted octanol–water partition coefficient (Wildman–Crippen LogP) is 19.4. The summed E-state index contributed by atoms with van der Waals surface area (Å²) in [6.07, 6.45) is 10.2. The van der Waals surface area contributed by atoms with Crippen molar-refractivity contribution in [1.82, 2.24) is 15.0 Å². The lowest BCUT2D eigenvalue weighted by atomic mass is 9.82. The van der Waals surface area contributed by atoms with E-state index in [1.165, 1.54) is 81.7 Å². The summed E-state index contributed by atoms with van der Waals surface area (Å²) in [6, 6.07) is 82.2. The average Bonchev–Trinajstić information content (AvgIpc) is 3.68. The third kappa shape index (κ3) is 7.14. The Balaban J connectivity index is 0.956. The zero-order chi connectivity index (χ0) is 51.3. The SMILES string of the molecule is C1=Nc2c(cccc2-c2ccc(-c3nc(-c4ccc(-c5cccc6cccnc56)cc4)nc4c(-c5ccc6c7ccccc7c7ccccc7c6c5)cc(C5=Cc6c(c7ccccc7c7ccccc67)CC5)cc34)cc2)CC1. The summed E-state index contributed by atoms with van der Waals surface area (Å²) >= 11 is 0. The largest absolute Gasteiger partial charge is 0.260 e. The quantitative estimate of drug-likeness (QED) is 0.156. The van der Waals surface area contributed by atoms with E-state index in [1.807, 2.05) is 12.3 Å². The highest BCUT2D eigenvalue weighted by atomic mass is 14.9. The molecule has 0 saturated carbocycles. The molecule has 0 bridgehead atoms. The molecule has 0 spiro atoms. The van der Waals surface area contributed by atoms with Gasteiger partial charge in [-0.1, -0.05) is 206 Å². The first kappa shape index (κ1) is 44.4. The third-order valence-electron chi connectivity index (χ3n) is 16.7. The Morgan fingerprint density at radius 3 is 1.68 bits per heavy atom. The van der Waals surface area contributed by atoms with Crippen LogP contribution in [0.3, 0.4) is 0 Å². The fourth-order valence-electron chi connectivity index (χ4n) is 13.0. The van der Waals surface area contributed by atoms with Crippen LogP contribution in [0.15, 0.2) is 236 Å². The highest BCUT2D eigenvalue weighted by Gasteiger charge is 2.24. The maximum absolute atomic E-state index is 5.70. The number of hydrogen-bond donors (Lipinski definition) is 0. The second-order valence-electron chi connectivity index (χ2n) is 21.0. The van der Waals surface area contributed by atoms with E-state index in [-0.39, 0.29) is 0 Å². The summed E-state index contributed by atoms with van der Waals surface area (Å²) in [5.41, 5.74) is 19.0. The molecule has 14 aromatic rings. The van der Waals surface area contributed by atoms with E-state index < -0.39 is 0 Å². The predicted molar refractivity (Wildman–Crippen MR) is 329 cm³/mol. The standard InChI is InChI=1S/C74H48N4/c1-3-21-60-56(17-1)58-19-5-7-23-62(58)67-41-51(35-37-64(60)67)53-43-66(52-36-38-65-61-22-4-2-18-57(61)59-20-6-8-24-63(59)68(65)42-52)73-69(44-53)72(49-31-27-45(28-32-49)54-25-9-13-47-15-11-39-75-70(47)54)77-74(78-73)50-33-29-46(30-34-50)55-26-10-14-48-16-12-40-76-71(48)55/h1-10,12-14,16-34,36,38-44H,11,15,35,37H2. The first-order valence-electron chi connectivity index (χ1n) is 27.2. The molecule has 3 heterocycles. The average molecular weight is 993 g/mol. The zero-order valence-electron chi connectivity index (χ0n) is 42.7. The second-order valence-corrected chi connectivity index (χ2v) is 21.0. The van der Waals surface area contributed by atoms with Crippen molar-refractivity contribution in [2.24, 2.45) is 4.99 Å². The van der Waals surface area contributed by atoms with Gasteiger partial charge in [0.2, 0.25) is 0 Å². The molecular formula is C74H48N4. The minimum absolute atomic E-state index is 0.672. The second kappa shape index (κ2) is 17.9. The van der Waals surface area contributed by atoms with Crippen LogP contribution in [0.2, 0.25) is 0 Å². The molecule has 2 aliphatic rings. The topological polar surface area (TPSA) is 51.0 Å². The first-order valence-corrected chi connectivity index (χ1v) is 27.2. The van der Waals surface area contributed by atoms with Crippen molar-refractivity contribution in [2.45, 2.75) is 25.7 Å². The maximum Gasteiger partial charge on any atom is 0.160 e. The summed E-state index contributed by atoms with van der Waals surface area (Å²) in [6.45, 7) is 0. The van der Waals surface area contributed by atoms with Crippen LogP contribution in [0.25, 0.3) is 143 Å². The molecule has 0 amide bonds. The molecule has 1 aliphatic heterocycles. The minimum Gasteiger partial charge on any atom is -0.260 e. The van der Waals surface area contributed by atoms with Crippen LogP contribution < -0.4 is 0 Å². The Labute approximate surface area is 451 Å². The summed E-state index contributed by atoms with van der Waals surface area (Å²) in [7, 11) is 0. The lowest BCUT2D eigenvalue weighted by Crippen LogP contribution is -2.03. The van der Waals surface area contributed by atoms with Crippen molar-refractivity contribution >= 4 is 99.2 Å². The fraction of sp³-hybridized carbons (Fsp3) is 0.0541. The van der Waals surface area contributed by atoms with Gasteiger partial charge in [0.25, 0.3) is 0 Å². The molecule has 4 heteroatoms. The summed E-state index contributed by atoms with van der Waals surface area (Å²) in [4.78, 5) is 21.1. The van der Waals surface area contributed by atoms with Gasteiger partial charge in [-0.05, 0) is 148 Å². The molecule has 0 radical (unpaired) electrons. The van der Waals surface area contributed by atoms with Gasteiger partial charge in [-0.25, -0.2) is 9.97 Å². The van der Waals surface area contributed by atoms with Crippen LogP contribution in [0.4, 0.5) is 5.69 Å². The van der Waals surface area contributed by atoms with Crippen LogP contribution in [0, 0.1) is 0 Å². The molecule has 16 rings (SSSR count). The lowest BCUT2D eigenvalue weighted by Gasteiger charge is -2.23. The molecule has 4 nitrogen and oxygen atoms in total. The van der Waals surface area contributed by atoms with Gasteiger partial charge in [-0.2, -0.15) is 0 Å². The number of rotatable bonds is 6. The van der Waals surface area contributed by atoms with Gasteiger partial charge in [0.15, 0.2) is 5.82 Å². The van der Waals surface area contributed by atoms with E-state index >= 15 is 0 Å². The molecule has 12 aromatic carbocycles. The number of para-hydroxylation sites is 2. The van der Waals surface area contributed by atoms with Crippen molar-refractivity contribution in [1.29, 1.82) is 0 Å². The monoisotopic (exact) mass is 992 g/mol. The molecular weight excluding hydrogens is 945 g/mol. The number of benzene rings is 12. The Bertz CT molecular complexity index is 4850. The van der Waals surface area contributed by atoms with Crippen LogP contribution in [0.1, 0.15) is 35.1 Å². The maximum atomic E-state index is 5.70. The highest BCUT2D eigenvalue weighted by molar-refractivity contribution is 6.26. The van der Waals surface area contributed by atoms with Gasteiger partial charge in [0.1, 0.15) is 0 Å². The van der Waals surface area contributed by atoms with E-state index in [0.717, 1.165) is 103 Å². The van der Waals surface area contributed by atoms with E-state index in [4.69, 9.17) is 19.9 Å². The Morgan fingerprint density at radius 1 is 0.346 bits per heavy atom. The third-order valence-corrected chi connectivity index (χ3v) is 16.7. The molecule has 0 unspecified atom stereocenters. The zero-order valence-corrected chi connectivity index (χ0v) is 42.7. The number of pyridine rings is 1. The van der Waals surface area contributed by atoms with Gasteiger partial charge >= 0.3 is 0 Å². The smallest absolute Gasteiger partial charge is 0.160 e. The van der Waals surface area contributed by atoms with E-state index in [0.29, 0.717) is 5.82 Å². The number of aromatic nitrogens is 3. The van der Waals surface area contributed by atoms with Crippen molar-refractivity contribution in [2.75, 3.05) is 0 Å². The number of aliphatic imine (C=N–C) groups is 1. The molecule has 0 saturated heterocycles. The minimum atomic E-state index is 0.672. The summed E-state index contributed by atoms with van der Waals surface area (Å²) < 4.78 is 0. The normalized spacial score (nSPS) is 13.2. The Kier molecular flexibility index (Phi) is 10.2. The number of fused-ring (bicyclic) bond motifs is 15. The van der Waals surface area contributed by atoms with Crippen LogP contribution >= 0.6 is 0 Å². The van der Waals surface area contributed by atoms with Crippen LogP contribution in [-0.2, 0) is 12.8 Å². The van der Waals surface area contributed by atoms with E-state index in [2.05, 4.69) is 231 Å². The molecule has 0 atom stereocenters. The molecule has 364 valence electrons. The number of allylic oxidation sites excluding steroid dienone is 1. The molecule has 0 fully saturated rings. The van der Waals surface area contributed by atoms with Gasteiger partial charge < -0.3 is 0 Å². The summed E-state index contributed by atoms with van der Waals surface area (Å²) in [5.74, 6) is 0.672.